The van der Waals surface area contributed by atoms with Gasteiger partial charge in [-0.2, -0.15) is 15.0 Å². The van der Waals surface area contributed by atoms with Crippen LogP contribution in [0.1, 0.15) is 33.1 Å². The monoisotopic (exact) mass is 285 g/mol. The molecule has 1 aliphatic heterocycles. The third kappa shape index (κ3) is 4.18. The number of nitrogens with zero attached hydrogens (tertiary/aromatic N) is 4. The average molecular weight is 286 g/mol. The molecule has 0 spiro atoms. The fraction of sp³-hybridized carbons (Fsp3) is 0.750. The first-order valence-electron chi connectivity index (χ1n) is 6.65. The number of aliphatic hydroxyl groups excluding tert-OH is 1. The maximum Gasteiger partial charge on any atom is 0.231 e. The summed E-state index contributed by atoms with van der Waals surface area (Å²) in [4.78, 5) is 14.7. The van der Waals surface area contributed by atoms with Crippen molar-refractivity contribution in [2.75, 3.05) is 23.3 Å². The smallest absolute Gasteiger partial charge is 0.231 e. The zero-order chi connectivity index (χ0) is 13.8. The molecule has 2 atom stereocenters. The predicted molar refractivity (Wildman–Crippen MR) is 75.7 cm³/mol. The number of hydrogen-bond donors (Lipinski definition) is 2. The van der Waals surface area contributed by atoms with E-state index in [1.54, 1.807) is 6.92 Å². The lowest BCUT2D eigenvalue weighted by Crippen LogP contribution is -2.24. The molecule has 1 fully saturated rings. The van der Waals surface area contributed by atoms with Crippen LogP contribution in [0, 0.1) is 0 Å². The number of anilines is 2. The molecule has 1 aromatic heterocycles. The van der Waals surface area contributed by atoms with Gasteiger partial charge in [-0.3, -0.25) is 0 Å². The molecule has 1 aliphatic rings. The van der Waals surface area contributed by atoms with E-state index < -0.39 is 0 Å². The molecule has 7 heteroatoms. The lowest BCUT2D eigenvalue weighted by molar-refractivity contribution is 0.179. The second-order valence-corrected chi connectivity index (χ2v) is 5.39. The Labute approximate surface area is 118 Å². The fourth-order valence-electron chi connectivity index (χ4n) is 2.25. The van der Waals surface area contributed by atoms with Crippen molar-refractivity contribution in [3.05, 3.63) is 5.28 Å². The van der Waals surface area contributed by atoms with E-state index in [4.69, 9.17) is 11.6 Å². The van der Waals surface area contributed by atoms with Gasteiger partial charge < -0.3 is 15.3 Å². The van der Waals surface area contributed by atoms with Crippen molar-refractivity contribution in [2.45, 2.75) is 45.3 Å². The molecule has 0 aromatic carbocycles. The van der Waals surface area contributed by atoms with Crippen molar-refractivity contribution in [3.8, 4) is 0 Å². The lowest BCUT2D eigenvalue weighted by Gasteiger charge is -2.18. The van der Waals surface area contributed by atoms with Gasteiger partial charge in [0, 0.05) is 19.1 Å². The molecule has 19 heavy (non-hydrogen) atoms. The van der Waals surface area contributed by atoms with Crippen molar-refractivity contribution in [3.63, 3.8) is 0 Å². The van der Waals surface area contributed by atoms with Crippen LogP contribution in [0.5, 0.6) is 0 Å². The standard InChI is InChI=1S/C12H20ClN5O/c1-8(7-9(2)19)14-11-15-10(13)16-12(17-11)18-5-3-4-6-18/h8-9,19H,3-7H2,1-2H3,(H,14,15,16,17). The highest BCUT2D eigenvalue weighted by Gasteiger charge is 2.17. The Morgan fingerprint density at radius 1 is 1.26 bits per heavy atom. The third-order valence-corrected chi connectivity index (χ3v) is 3.22. The molecule has 6 nitrogen and oxygen atoms in total. The first-order chi connectivity index (χ1) is 9.04. The largest absolute Gasteiger partial charge is 0.393 e. The Kier molecular flexibility index (Phi) is 4.76. The van der Waals surface area contributed by atoms with Crippen molar-refractivity contribution >= 4 is 23.5 Å². The van der Waals surface area contributed by atoms with E-state index in [1.165, 1.54) is 0 Å². The number of nitrogens with one attached hydrogen (secondary N) is 1. The van der Waals surface area contributed by atoms with Crippen LogP contribution >= 0.6 is 11.6 Å². The number of hydrogen-bond acceptors (Lipinski definition) is 6. The molecule has 0 radical (unpaired) electrons. The van der Waals surface area contributed by atoms with Gasteiger partial charge in [-0.05, 0) is 44.7 Å². The molecule has 1 saturated heterocycles. The van der Waals surface area contributed by atoms with E-state index in [-0.39, 0.29) is 17.4 Å². The summed E-state index contributed by atoms with van der Waals surface area (Å²) in [5.74, 6) is 1.10. The summed E-state index contributed by atoms with van der Waals surface area (Å²) in [5.41, 5.74) is 0. The van der Waals surface area contributed by atoms with Crippen LogP contribution in [0.2, 0.25) is 5.28 Å². The maximum atomic E-state index is 9.36. The molecule has 2 N–H and O–H groups in total. The summed E-state index contributed by atoms with van der Waals surface area (Å²) < 4.78 is 0. The second-order valence-electron chi connectivity index (χ2n) is 5.05. The molecule has 0 bridgehead atoms. The van der Waals surface area contributed by atoms with Crippen molar-refractivity contribution in [2.24, 2.45) is 0 Å². The van der Waals surface area contributed by atoms with Gasteiger partial charge in [0.2, 0.25) is 17.2 Å². The number of aromatic nitrogens is 3. The van der Waals surface area contributed by atoms with E-state index in [0.29, 0.717) is 18.3 Å². The summed E-state index contributed by atoms with van der Waals surface area (Å²) in [6.07, 6.45) is 2.58. The minimum atomic E-state index is -0.363. The minimum absolute atomic E-state index is 0.0740. The topological polar surface area (TPSA) is 74.2 Å². The minimum Gasteiger partial charge on any atom is -0.393 e. The molecule has 1 aromatic rings. The normalized spacial score (nSPS) is 18.4. The number of rotatable bonds is 5. The molecule has 2 heterocycles. The number of aliphatic hydroxyl groups is 1. The SMILES string of the molecule is CC(O)CC(C)Nc1nc(Cl)nc(N2CCCC2)n1. The second kappa shape index (κ2) is 6.34. The molecule has 106 valence electrons. The Morgan fingerprint density at radius 2 is 1.95 bits per heavy atom. The van der Waals surface area contributed by atoms with Gasteiger partial charge in [-0.1, -0.05) is 0 Å². The Morgan fingerprint density at radius 3 is 2.58 bits per heavy atom. The molecule has 0 amide bonds. The van der Waals surface area contributed by atoms with E-state index in [0.717, 1.165) is 25.9 Å². The van der Waals surface area contributed by atoms with Crippen molar-refractivity contribution in [1.82, 2.24) is 15.0 Å². The highest BCUT2D eigenvalue weighted by Crippen LogP contribution is 2.19. The molecular weight excluding hydrogens is 266 g/mol. The quantitative estimate of drug-likeness (QED) is 0.858. The Bertz CT molecular complexity index is 423. The third-order valence-electron chi connectivity index (χ3n) is 3.06. The highest BCUT2D eigenvalue weighted by molar-refractivity contribution is 6.28. The van der Waals surface area contributed by atoms with Gasteiger partial charge in [0.25, 0.3) is 0 Å². The molecule has 0 aliphatic carbocycles. The van der Waals surface area contributed by atoms with Gasteiger partial charge >= 0.3 is 0 Å². The molecule has 2 unspecified atom stereocenters. The van der Waals surface area contributed by atoms with Gasteiger partial charge in [0.15, 0.2) is 0 Å². The Hall–Kier alpha value is -1.14. The van der Waals surface area contributed by atoms with Crippen molar-refractivity contribution in [1.29, 1.82) is 0 Å². The lowest BCUT2D eigenvalue weighted by atomic mass is 10.2. The van der Waals surface area contributed by atoms with Gasteiger partial charge in [-0.15, -0.1) is 0 Å². The van der Waals surface area contributed by atoms with Crippen molar-refractivity contribution < 1.29 is 5.11 Å². The summed E-state index contributed by atoms with van der Waals surface area (Å²) >= 11 is 5.94. The highest BCUT2D eigenvalue weighted by atomic mass is 35.5. The van der Waals surface area contributed by atoms with E-state index >= 15 is 0 Å². The van der Waals surface area contributed by atoms with Gasteiger partial charge in [0.1, 0.15) is 0 Å². The van der Waals surface area contributed by atoms with E-state index in [9.17, 15) is 5.11 Å². The summed E-state index contributed by atoms with van der Waals surface area (Å²) in [5, 5.41) is 12.7. The van der Waals surface area contributed by atoms with Crippen LogP contribution in [0.3, 0.4) is 0 Å². The number of halogens is 1. The van der Waals surface area contributed by atoms with Gasteiger partial charge in [-0.25, -0.2) is 0 Å². The van der Waals surface area contributed by atoms with Crippen LogP contribution < -0.4 is 10.2 Å². The molecule has 0 saturated carbocycles. The summed E-state index contributed by atoms with van der Waals surface area (Å²) in [7, 11) is 0. The van der Waals surface area contributed by atoms with Crippen LogP contribution in [0.4, 0.5) is 11.9 Å². The fourth-order valence-corrected chi connectivity index (χ4v) is 2.41. The summed E-state index contributed by atoms with van der Waals surface area (Å²) in [6.45, 7) is 5.65. The maximum absolute atomic E-state index is 9.36. The zero-order valence-corrected chi connectivity index (χ0v) is 12.1. The first kappa shape index (κ1) is 14.3. The van der Waals surface area contributed by atoms with E-state index in [2.05, 4.69) is 25.2 Å². The Balaban J connectivity index is 2.07. The summed E-state index contributed by atoms with van der Waals surface area (Å²) in [6, 6.07) is 0.0740. The van der Waals surface area contributed by atoms with Gasteiger partial charge in [0.05, 0.1) is 6.10 Å². The first-order valence-corrected chi connectivity index (χ1v) is 7.03. The van der Waals surface area contributed by atoms with Crippen LogP contribution in [-0.2, 0) is 0 Å². The van der Waals surface area contributed by atoms with Crippen LogP contribution in [0.25, 0.3) is 0 Å². The predicted octanol–water partition coefficient (Wildman–Crippen LogP) is 1.70. The van der Waals surface area contributed by atoms with Crippen LogP contribution in [0.15, 0.2) is 0 Å². The zero-order valence-electron chi connectivity index (χ0n) is 11.3. The van der Waals surface area contributed by atoms with Crippen LogP contribution in [-0.4, -0.2) is 45.3 Å². The van der Waals surface area contributed by atoms with E-state index in [1.807, 2.05) is 6.92 Å². The molecular formula is C12H20ClN5O. The average Bonchev–Trinajstić information content (AvgIpc) is 2.79. The molecule has 2 rings (SSSR count).